The van der Waals surface area contributed by atoms with E-state index in [4.69, 9.17) is 0 Å². The van der Waals surface area contributed by atoms with Gasteiger partial charge in [-0.25, -0.2) is 0 Å². The summed E-state index contributed by atoms with van der Waals surface area (Å²) < 4.78 is 0. The Hall–Kier alpha value is -0.860. The predicted octanol–water partition coefficient (Wildman–Crippen LogP) is 0.588. The second-order valence-corrected chi connectivity index (χ2v) is 3.66. The van der Waals surface area contributed by atoms with E-state index in [1.165, 1.54) is 0 Å². The standard InChI is InChI=1S/C9H13NO2/c11-8(7-3-4-7)6-10-5-1-2-9(10)12/h7H,1-6H2. The minimum Gasteiger partial charge on any atom is -0.335 e. The number of likely N-dealkylation sites (tertiary alicyclic amines) is 1. The molecule has 2 rings (SSSR count). The topological polar surface area (TPSA) is 37.4 Å². The van der Waals surface area contributed by atoms with Crippen molar-refractivity contribution < 1.29 is 9.59 Å². The van der Waals surface area contributed by atoms with E-state index >= 15 is 0 Å². The average molecular weight is 167 g/mol. The van der Waals surface area contributed by atoms with Crippen molar-refractivity contribution >= 4 is 11.7 Å². The largest absolute Gasteiger partial charge is 0.335 e. The minimum absolute atomic E-state index is 0.156. The van der Waals surface area contributed by atoms with E-state index in [9.17, 15) is 9.59 Å². The molecule has 0 N–H and O–H groups in total. The van der Waals surface area contributed by atoms with Gasteiger partial charge in [0, 0.05) is 18.9 Å². The van der Waals surface area contributed by atoms with Crippen LogP contribution < -0.4 is 0 Å². The van der Waals surface area contributed by atoms with Gasteiger partial charge >= 0.3 is 0 Å². The number of hydrogen-bond acceptors (Lipinski definition) is 2. The van der Waals surface area contributed by atoms with Gasteiger partial charge in [0.25, 0.3) is 0 Å². The number of Topliss-reactive ketones (excluding diaryl/α,β-unsaturated/α-hetero) is 1. The van der Waals surface area contributed by atoms with Crippen LogP contribution in [0.1, 0.15) is 25.7 Å². The van der Waals surface area contributed by atoms with E-state index in [-0.39, 0.29) is 11.7 Å². The Kier molecular flexibility index (Phi) is 1.87. The third-order valence-electron chi connectivity index (χ3n) is 2.55. The maximum atomic E-state index is 11.3. The first-order valence-electron chi connectivity index (χ1n) is 4.58. The van der Waals surface area contributed by atoms with E-state index in [1.54, 1.807) is 4.90 Å². The number of ketones is 1. The Morgan fingerprint density at radius 3 is 2.75 bits per heavy atom. The SMILES string of the molecule is O=C(CN1CCCC1=O)C1CC1. The van der Waals surface area contributed by atoms with Crippen LogP contribution in [-0.4, -0.2) is 29.7 Å². The smallest absolute Gasteiger partial charge is 0.223 e. The van der Waals surface area contributed by atoms with E-state index in [1.807, 2.05) is 0 Å². The molecule has 0 bridgehead atoms. The minimum atomic E-state index is 0.156. The maximum Gasteiger partial charge on any atom is 0.223 e. The summed E-state index contributed by atoms with van der Waals surface area (Å²) in [5, 5.41) is 0. The highest BCUT2D eigenvalue weighted by Crippen LogP contribution is 2.30. The molecule has 0 aromatic carbocycles. The fourth-order valence-electron chi connectivity index (χ4n) is 1.59. The Labute approximate surface area is 71.7 Å². The lowest BCUT2D eigenvalue weighted by Crippen LogP contribution is -2.31. The molecule has 66 valence electrons. The summed E-state index contributed by atoms with van der Waals surface area (Å²) in [4.78, 5) is 24.1. The summed E-state index contributed by atoms with van der Waals surface area (Å²) in [5.41, 5.74) is 0. The van der Waals surface area contributed by atoms with Gasteiger partial charge in [-0.1, -0.05) is 0 Å². The molecule has 1 aliphatic heterocycles. The van der Waals surface area contributed by atoms with Crippen LogP contribution >= 0.6 is 0 Å². The molecule has 0 spiro atoms. The van der Waals surface area contributed by atoms with Crippen molar-refractivity contribution in [3.63, 3.8) is 0 Å². The first-order chi connectivity index (χ1) is 5.77. The van der Waals surface area contributed by atoms with Crippen molar-refractivity contribution in [1.29, 1.82) is 0 Å². The molecule has 0 radical (unpaired) electrons. The Bertz CT molecular complexity index is 221. The van der Waals surface area contributed by atoms with Crippen LogP contribution in [-0.2, 0) is 9.59 Å². The van der Waals surface area contributed by atoms with Crippen LogP contribution in [0.3, 0.4) is 0 Å². The highest BCUT2D eigenvalue weighted by molar-refractivity contribution is 5.89. The summed E-state index contributed by atoms with van der Waals surface area (Å²) in [6, 6.07) is 0. The van der Waals surface area contributed by atoms with Gasteiger partial charge in [0.15, 0.2) is 5.78 Å². The highest BCUT2D eigenvalue weighted by atomic mass is 16.2. The number of carbonyl (C=O) groups is 2. The van der Waals surface area contributed by atoms with Gasteiger partial charge < -0.3 is 4.90 Å². The van der Waals surface area contributed by atoms with Crippen molar-refractivity contribution in [1.82, 2.24) is 4.90 Å². The third-order valence-corrected chi connectivity index (χ3v) is 2.55. The second kappa shape index (κ2) is 2.88. The first kappa shape index (κ1) is 7.77. The average Bonchev–Trinajstić information content (AvgIpc) is 2.80. The Morgan fingerprint density at radius 1 is 1.50 bits per heavy atom. The van der Waals surface area contributed by atoms with E-state index in [0.717, 1.165) is 25.8 Å². The van der Waals surface area contributed by atoms with Gasteiger partial charge in [-0.2, -0.15) is 0 Å². The lowest BCUT2D eigenvalue weighted by molar-refractivity contribution is -0.132. The first-order valence-corrected chi connectivity index (χ1v) is 4.58. The number of carbonyl (C=O) groups excluding carboxylic acids is 2. The molecular formula is C9H13NO2. The molecular weight excluding hydrogens is 154 g/mol. The van der Waals surface area contributed by atoms with E-state index < -0.39 is 0 Å². The number of rotatable bonds is 3. The molecule has 1 saturated carbocycles. The molecule has 1 amide bonds. The Morgan fingerprint density at radius 2 is 2.25 bits per heavy atom. The monoisotopic (exact) mass is 167 g/mol. The zero-order chi connectivity index (χ0) is 8.55. The highest BCUT2D eigenvalue weighted by Gasteiger charge is 2.32. The second-order valence-electron chi connectivity index (χ2n) is 3.66. The van der Waals surface area contributed by atoms with Crippen LogP contribution in [0.4, 0.5) is 0 Å². The van der Waals surface area contributed by atoms with Gasteiger partial charge in [-0.3, -0.25) is 9.59 Å². The number of hydrogen-bond donors (Lipinski definition) is 0. The van der Waals surface area contributed by atoms with Crippen molar-refractivity contribution in [2.24, 2.45) is 5.92 Å². The molecule has 2 fully saturated rings. The molecule has 2 aliphatic rings. The zero-order valence-electron chi connectivity index (χ0n) is 7.08. The Balaban J connectivity index is 1.84. The van der Waals surface area contributed by atoms with Gasteiger partial charge in [0.05, 0.1) is 6.54 Å². The van der Waals surface area contributed by atoms with Gasteiger partial charge in [-0.15, -0.1) is 0 Å². The molecule has 0 unspecified atom stereocenters. The van der Waals surface area contributed by atoms with Crippen LogP contribution in [0.2, 0.25) is 0 Å². The van der Waals surface area contributed by atoms with Crippen molar-refractivity contribution in [2.75, 3.05) is 13.1 Å². The van der Waals surface area contributed by atoms with Crippen molar-refractivity contribution in [3.8, 4) is 0 Å². The molecule has 0 aromatic heterocycles. The fourth-order valence-corrected chi connectivity index (χ4v) is 1.59. The van der Waals surface area contributed by atoms with Crippen molar-refractivity contribution in [3.05, 3.63) is 0 Å². The zero-order valence-corrected chi connectivity index (χ0v) is 7.08. The summed E-state index contributed by atoms with van der Waals surface area (Å²) in [6.07, 6.45) is 3.65. The van der Waals surface area contributed by atoms with Crippen LogP contribution in [0.15, 0.2) is 0 Å². The summed E-state index contributed by atoms with van der Waals surface area (Å²) in [7, 11) is 0. The molecule has 3 nitrogen and oxygen atoms in total. The summed E-state index contributed by atoms with van der Waals surface area (Å²) in [5.74, 6) is 0.715. The fraction of sp³-hybridized carbons (Fsp3) is 0.778. The quantitative estimate of drug-likeness (QED) is 0.617. The van der Waals surface area contributed by atoms with Gasteiger partial charge in [0.1, 0.15) is 0 Å². The molecule has 0 atom stereocenters. The molecule has 1 saturated heterocycles. The lowest BCUT2D eigenvalue weighted by Gasteiger charge is -2.13. The van der Waals surface area contributed by atoms with Crippen molar-refractivity contribution in [2.45, 2.75) is 25.7 Å². The van der Waals surface area contributed by atoms with E-state index in [0.29, 0.717) is 18.9 Å². The van der Waals surface area contributed by atoms with Gasteiger partial charge in [-0.05, 0) is 19.3 Å². The summed E-state index contributed by atoms with van der Waals surface area (Å²) in [6.45, 7) is 1.17. The normalized spacial score (nSPS) is 23.3. The molecule has 1 aliphatic carbocycles. The third kappa shape index (κ3) is 1.49. The molecule has 0 aromatic rings. The predicted molar refractivity (Wildman–Crippen MR) is 43.5 cm³/mol. The molecule has 1 heterocycles. The lowest BCUT2D eigenvalue weighted by atomic mass is 10.2. The summed E-state index contributed by atoms with van der Waals surface area (Å²) >= 11 is 0. The van der Waals surface area contributed by atoms with Crippen LogP contribution in [0.5, 0.6) is 0 Å². The van der Waals surface area contributed by atoms with Crippen LogP contribution in [0, 0.1) is 5.92 Å². The molecule has 12 heavy (non-hydrogen) atoms. The van der Waals surface area contributed by atoms with Crippen LogP contribution in [0.25, 0.3) is 0 Å². The number of amides is 1. The maximum absolute atomic E-state index is 11.3. The van der Waals surface area contributed by atoms with E-state index in [2.05, 4.69) is 0 Å². The molecule has 3 heteroatoms. The van der Waals surface area contributed by atoms with Gasteiger partial charge in [0.2, 0.25) is 5.91 Å². The number of nitrogens with zero attached hydrogens (tertiary/aromatic N) is 1.